The SMILES string of the molecule is Cc1cccc(C)c1NC(=S)N/N=C/c1ccc(O)c([N+](=O)[O-])c1. The number of anilines is 1. The molecule has 3 N–H and O–H groups in total. The fourth-order valence-electron chi connectivity index (χ4n) is 2.09. The maximum absolute atomic E-state index is 10.8. The van der Waals surface area contributed by atoms with Crippen LogP contribution in [-0.4, -0.2) is 21.4 Å². The van der Waals surface area contributed by atoms with Crippen molar-refractivity contribution in [2.45, 2.75) is 13.8 Å². The molecular weight excluding hydrogens is 328 g/mol. The van der Waals surface area contributed by atoms with Crippen LogP contribution in [0.1, 0.15) is 16.7 Å². The highest BCUT2D eigenvalue weighted by atomic mass is 32.1. The molecule has 124 valence electrons. The first-order valence-electron chi connectivity index (χ1n) is 7.02. The van der Waals surface area contributed by atoms with Gasteiger partial charge in [0.1, 0.15) is 0 Å². The maximum Gasteiger partial charge on any atom is 0.311 e. The Labute approximate surface area is 144 Å². The summed E-state index contributed by atoms with van der Waals surface area (Å²) in [6.45, 7) is 3.94. The van der Waals surface area contributed by atoms with Crippen molar-refractivity contribution in [3.63, 3.8) is 0 Å². The molecule has 8 heteroatoms. The second-order valence-corrected chi connectivity index (χ2v) is 5.50. The third-order valence-corrected chi connectivity index (χ3v) is 3.49. The van der Waals surface area contributed by atoms with Gasteiger partial charge in [-0.25, -0.2) is 0 Å². The lowest BCUT2D eigenvalue weighted by Crippen LogP contribution is -2.24. The van der Waals surface area contributed by atoms with Crippen molar-refractivity contribution in [2.24, 2.45) is 5.10 Å². The molecule has 0 spiro atoms. The number of nitrogens with one attached hydrogen (secondary N) is 2. The van der Waals surface area contributed by atoms with Gasteiger partial charge in [-0.2, -0.15) is 5.10 Å². The predicted octanol–water partition coefficient (Wildman–Crippen LogP) is 3.24. The van der Waals surface area contributed by atoms with Crippen molar-refractivity contribution in [3.8, 4) is 5.75 Å². The van der Waals surface area contributed by atoms with Crippen LogP contribution in [0.5, 0.6) is 5.75 Å². The van der Waals surface area contributed by atoms with E-state index in [0.717, 1.165) is 16.8 Å². The smallest absolute Gasteiger partial charge is 0.311 e. The summed E-state index contributed by atoms with van der Waals surface area (Å²) in [5.74, 6) is -0.391. The van der Waals surface area contributed by atoms with Gasteiger partial charge < -0.3 is 10.4 Å². The molecule has 0 saturated carbocycles. The zero-order valence-electron chi connectivity index (χ0n) is 13.1. The summed E-state index contributed by atoms with van der Waals surface area (Å²) in [5.41, 5.74) is 5.75. The molecule has 0 unspecified atom stereocenters. The van der Waals surface area contributed by atoms with Crippen LogP contribution in [0.3, 0.4) is 0 Å². The third-order valence-electron chi connectivity index (χ3n) is 3.30. The minimum absolute atomic E-state index is 0.303. The number of hydrogen-bond donors (Lipinski definition) is 3. The molecule has 2 aromatic carbocycles. The van der Waals surface area contributed by atoms with Gasteiger partial charge in [0.2, 0.25) is 0 Å². The van der Waals surface area contributed by atoms with Gasteiger partial charge >= 0.3 is 5.69 Å². The Balaban J connectivity index is 2.03. The van der Waals surface area contributed by atoms with E-state index in [1.165, 1.54) is 24.4 Å². The Hall–Kier alpha value is -3.00. The number of phenols is 1. The van der Waals surface area contributed by atoms with Gasteiger partial charge in [-0.05, 0) is 49.3 Å². The van der Waals surface area contributed by atoms with Gasteiger partial charge in [0.25, 0.3) is 0 Å². The van der Waals surface area contributed by atoms with E-state index in [-0.39, 0.29) is 5.69 Å². The lowest BCUT2D eigenvalue weighted by molar-refractivity contribution is -0.385. The van der Waals surface area contributed by atoms with Crippen LogP contribution in [0.4, 0.5) is 11.4 Å². The molecule has 0 aromatic heterocycles. The van der Waals surface area contributed by atoms with Crippen LogP contribution >= 0.6 is 12.2 Å². The highest BCUT2D eigenvalue weighted by molar-refractivity contribution is 7.80. The number of hydrazone groups is 1. The van der Waals surface area contributed by atoms with Crippen molar-refractivity contribution < 1.29 is 10.0 Å². The number of hydrogen-bond acceptors (Lipinski definition) is 5. The number of aryl methyl sites for hydroxylation is 2. The van der Waals surface area contributed by atoms with E-state index in [9.17, 15) is 15.2 Å². The number of nitrogens with zero attached hydrogens (tertiary/aromatic N) is 2. The minimum Gasteiger partial charge on any atom is -0.502 e. The topological polar surface area (TPSA) is 99.8 Å². The molecular formula is C16H16N4O3S. The first kappa shape index (κ1) is 17.4. The van der Waals surface area contributed by atoms with Crippen LogP contribution in [-0.2, 0) is 0 Å². The fourth-order valence-corrected chi connectivity index (χ4v) is 2.24. The van der Waals surface area contributed by atoms with E-state index in [1.54, 1.807) is 0 Å². The van der Waals surface area contributed by atoms with Gasteiger partial charge in [-0.1, -0.05) is 18.2 Å². The summed E-state index contributed by atoms with van der Waals surface area (Å²) in [6, 6.07) is 9.88. The molecule has 0 aliphatic heterocycles. The molecule has 0 saturated heterocycles. The normalized spacial score (nSPS) is 10.6. The standard InChI is InChI=1S/C16H16N4O3S/c1-10-4-3-5-11(2)15(10)18-16(24)19-17-9-12-6-7-14(21)13(8-12)20(22)23/h3-9,21H,1-2H3,(H2,18,19,24)/b17-9+. The van der Waals surface area contributed by atoms with E-state index < -0.39 is 10.7 Å². The number of para-hydroxylation sites is 1. The van der Waals surface area contributed by atoms with Crippen LogP contribution < -0.4 is 10.7 Å². The minimum atomic E-state index is -0.659. The first-order valence-corrected chi connectivity index (χ1v) is 7.43. The lowest BCUT2D eigenvalue weighted by atomic mass is 10.1. The van der Waals surface area contributed by atoms with E-state index in [1.807, 2.05) is 32.0 Å². The zero-order chi connectivity index (χ0) is 17.7. The average molecular weight is 344 g/mol. The zero-order valence-corrected chi connectivity index (χ0v) is 13.9. The molecule has 0 aliphatic carbocycles. The van der Waals surface area contributed by atoms with Gasteiger partial charge in [0.05, 0.1) is 11.1 Å². The van der Waals surface area contributed by atoms with Crippen molar-refractivity contribution in [1.29, 1.82) is 0 Å². The number of nitro groups is 1. The monoisotopic (exact) mass is 344 g/mol. The second-order valence-electron chi connectivity index (χ2n) is 5.10. The first-order chi connectivity index (χ1) is 11.4. The van der Waals surface area contributed by atoms with E-state index in [0.29, 0.717) is 10.7 Å². The van der Waals surface area contributed by atoms with Crippen molar-refractivity contribution in [3.05, 3.63) is 63.2 Å². The molecule has 0 radical (unpaired) electrons. The number of thiocarbonyl (C=S) groups is 1. The second kappa shape index (κ2) is 7.51. The summed E-state index contributed by atoms with van der Waals surface area (Å²) in [4.78, 5) is 10.1. The van der Waals surface area contributed by atoms with Crippen molar-refractivity contribution in [1.82, 2.24) is 5.43 Å². The van der Waals surface area contributed by atoms with Crippen LogP contribution in [0, 0.1) is 24.0 Å². The Bertz CT molecular complexity index is 801. The molecule has 0 amide bonds. The number of nitro benzene ring substituents is 1. The predicted molar refractivity (Wildman–Crippen MR) is 97.6 cm³/mol. The fraction of sp³-hybridized carbons (Fsp3) is 0.125. The molecule has 0 bridgehead atoms. The van der Waals surface area contributed by atoms with Crippen molar-refractivity contribution in [2.75, 3.05) is 5.32 Å². The van der Waals surface area contributed by atoms with Gasteiger partial charge in [-0.15, -0.1) is 0 Å². The number of rotatable bonds is 4. The highest BCUT2D eigenvalue weighted by Crippen LogP contribution is 2.25. The molecule has 0 heterocycles. The highest BCUT2D eigenvalue weighted by Gasteiger charge is 2.12. The third kappa shape index (κ3) is 4.26. The Kier molecular flexibility index (Phi) is 5.43. The molecule has 7 nitrogen and oxygen atoms in total. The Morgan fingerprint density at radius 1 is 1.29 bits per heavy atom. The van der Waals surface area contributed by atoms with Crippen molar-refractivity contribution >= 4 is 34.9 Å². The molecule has 24 heavy (non-hydrogen) atoms. The van der Waals surface area contributed by atoms with E-state index >= 15 is 0 Å². The van der Waals surface area contributed by atoms with Crippen LogP contribution in [0.2, 0.25) is 0 Å². The Morgan fingerprint density at radius 2 is 1.96 bits per heavy atom. The average Bonchev–Trinajstić information content (AvgIpc) is 2.52. The number of benzene rings is 2. The summed E-state index contributed by atoms with van der Waals surface area (Å²) < 4.78 is 0. The van der Waals surface area contributed by atoms with Gasteiger partial charge in [-0.3, -0.25) is 15.5 Å². The lowest BCUT2D eigenvalue weighted by Gasteiger charge is -2.12. The summed E-state index contributed by atoms with van der Waals surface area (Å²) in [7, 11) is 0. The molecule has 0 fully saturated rings. The molecule has 2 aromatic rings. The van der Waals surface area contributed by atoms with Gasteiger partial charge in [0.15, 0.2) is 10.9 Å². The number of aromatic hydroxyl groups is 1. The maximum atomic E-state index is 10.8. The molecule has 2 rings (SSSR count). The summed E-state index contributed by atoms with van der Waals surface area (Å²) in [5, 5.41) is 27.5. The molecule has 0 aliphatic rings. The van der Waals surface area contributed by atoms with Gasteiger partial charge in [0, 0.05) is 17.3 Å². The van der Waals surface area contributed by atoms with Crippen LogP contribution in [0.15, 0.2) is 41.5 Å². The van der Waals surface area contributed by atoms with E-state index in [2.05, 4.69) is 15.8 Å². The summed E-state index contributed by atoms with van der Waals surface area (Å²) in [6.07, 6.45) is 1.38. The Morgan fingerprint density at radius 3 is 2.58 bits per heavy atom. The van der Waals surface area contributed by atoms with E-state index in [4.69, 9.17) is 12.2 Å². The quantitative estimate of drug-likeness (QED) is 0.341. The number of phenolic OH excluding ortho intramolecular Hbond substituents is 1. The largest absolute Gasteiger partial charge is 0.502 e. The van der Waals surface area contributed by atoms with Crippen LogP contribution in [0.25, 0.3) is 0 Å². The molecule has 0 atom stereocenters. The summed E-state index contributed by atoms with van der Waals surface area (Å²) >= 11 is 5.17.